The van der Waals surface area contributed by atoms with Crippen molar-refractivity contribution in [1.82, 2.24) is 29.6 Å². The number of urea groups is 1. The molecule has 1 fully saturated rings. The molecule has 1 aliphatic rings. The van der Waals surface area contributed by atoms with Crippen molar-refractivity contribution >= 4 is 11.7 Å². The zero-order valence-corrected chi connectivity index (χ0v) is 20.5. The molecule has 1 N–H and O–H groups in total. The van der Waals surface area contributed by atoms with Gasteiger partial charge in [0.2, 0.25) is 0 Å². The van der Waals surface area contributed by atoms with E-state index in [0.29, 0.717) is 10.5 Å². The molecule has 3 atom stereocenters. The molecule has 0 bridgehead atoms. The molecule has 0 aromatic carbocycles. The van der Waals surface area contributed by atoms with Gasteiger partial charge in [-0.15, -0.1) is 0 Å². The van der Waals surface area contributed by atoms with Gasteiger partial charge in [-0.05, 0) is 25.8 Å². The van der Waals surface area contributed by atoms with E-state index in [1.807, 2.05) is 0 Å². The molecule has 3 unspecified atom stereocenters. The summed E-state index contributed by atoms with van der Waals surface area (Å²) in [5, 5.41) is 2.12. The highest BCUT2D eigenvalue weighted by atomic mass is 19.4. The summed E-state index contributed by atoms with van der Waals surface area (Å²) in [6.07, 6.45) is -4.11. The van der Waals surface area contributed by atoms with Crippen molar-refractivity contribution in [2.45, 2.75) is 44.2 Å². The smallest absolute Gasteiger partial charge is 0.414 e. The molecule has 206 valence electrons. The first-order valence-corrected chi connectivity index (χ1v) is 11.5. The maximum atomic E-state index is 14.4. The summed E-state index contributed by atoms with van der Waals surface area (Å²) < 4.78 is 94.6. The number of halogens is 6. The lowest BCUT2D eigenvalue weighted by Crippen LogP contribution is -2.57. The minimum absolute atomic E-state index is 0.0132. The second kappa shape index (κ2) is 10.2. The minimum atomic E-state index is -5.01. The van der Waals surface area contributed by atoms with Crippen LogP contribution in [0.3, 0.4) is 0 Å². The van der Waals surface area contributed by atoms with E-state index in [1.165, 1.54) is 33.5 Å². The first kappa shape index (κ1) is 27.3. The number of carbonyl (C=O) groups is 1. The number of hydrogen-bond donors (Lipinski definition) is 1. The number of methoxy groups -OCH3 is 2. The van der Waals surface area contributed by atoms with Crippen molar-refractivity contribution in [3.05, 3.63) is 36.5 Å². The SMILES string of the molecule is CCN(C(=O)NC1CCC1C(F)(F)F)C(c1cc(-c2cn3ccnc3c(OC)n2)c(OC)cn1)C(F)(F)F. The third-order valence-electron chi connectivity index (χ3n) is 6.43. The second-order valence-electron chi connectivity index (χ2n) is 8.61. The molecule has 2 amide bonds. The molecular weight excluding hydrogens is 522 g/mol. The van der Waals surface area contributed by atoms with E-state index >= 15 is 0 Å². The highest BCUT2D eigenvalue weighted by Gasteiger charge is 2.52. The van der Waals surface area contributed by atoms with Crippen molar-refractivity contribution in [3.63, 3.8) is 0 Å². The number of aromatic nitrogens is 4. The number of hydrogen-bond acceptors (Lipinski definition) is 6. The standard InChI is InChI=1S/C23H24F6N6O3/c1-4-35(21(36)33-14-6-5-13(14)22(24,25)26)18(23(27,28)29)15-9-12(17(37-2)10-31-15)16-11-34-8-7-30-19(34)20(32-16)38-3/h7-11,13-14,18H,4-6H2,1-3H3,(H,33,36). The number of fused-ring (bicyclic) bond motifs is 1. The molecule has 0 radical (unpaired) electrons. The van der Waals surface area contributed by atoms with E-state index in [0.717, 1.165) is 12.3 Å². The number of pyridine rings is 1. The number of alkyl halides is 6. The lowest BCUT2D eigenvalue weighted by atomic mass is 9.79. The van der Waals surface area contributed by atoms with Crippen LogP contribution in [0.4, 0.5) is 31.1 Å². The first-order chi connectivity index (χ1) is 17.9. The second-order valence-corrected chi connectivity index (χ2v) is 8.61. The molecule has 1 aliphatic carbocycles. The van der Waals surface area contributed by atoms with Crippen molar-refractivity contribution in [2.24, 2.45) is 5.92 Å². The van der Waals surface area contributed by atoms with Gasteiger partial charge in [0, 0.05) is 36.7 Å². The maximum Gasteiger partial charge on any atom is 0.414 e. The Balaban J connectivity index is 1.74. The van der Waals surface area contributed by atoms with Gasteiger partial charge in [0.15, 0.2) is 11.7 Å². The van der Waals surface area contributed by atoms with E-state index in [2.05, 4.69) is 20.3 Å². The van der Waals surface area contributed by atoms with Crippen LogP contribution in [-0.4, -0.2) is 69.4 Å². The van der Waals surface area contributed by atoms with E-state index in [1.54, 1.807) is 10.6 Å². The quantitative estimate of drug-likeness (QED) is 0.429. The molecular formula is C23H24F6N6O3. The zero-order valence-electron chi connectivity index (χ0n) is 20.5. The van der Waals surface area contributed by atoms with Crippen molar-refractivity contribution in [2.75, 3.05) is 20.8 Å². The van der Waals surface area contributed by atoms with Gasteiger partial charge >= 0.3 is 18.4 Å². The molecule has 38 heavy (non-hydrogen) atoms. The van der Waals surface area contributed by atoms with Crippen LogP contribution in [0.15, 0.2) is 30.9 Å². The fourth-order valence-corrected chi connectivity index (χ4v) is 4.39. The fraction of sp³-hybridized carbons (Fsp3) is 0.478. The topological polar surface area (TPSA) is 93.9 Å². The summed E-state index contributed by atoms with van der Waals surface area (Å²) in [6, 6.07) is -4.05. The predicted molar refractivity (Wildman–Crippen MR) is 122 cm³/mol. The summed E-state index contributed by atoms with van der Waals surface area (Å²) in [4.78, 5) is 25.6. The number of carbonyl (C=O) groups excluding carboxylic acids is 1. The van der Waals surface area contributed by atoms with Crippen molar-refractivity contribution in [1.29, 1.82) is 0 Å². The average Bonchev–Trinajstić information content (AvgIpc) is 3.31. The van der Waals surface area contributed by atoms with E-state index in [-0.39, 0.29) is 35.7 Å². The third kappa shape index (κ3) is 5.13. The monoisotopic (exact) mass is 546 g/mol. The Morgan fingerprint density at radius 2 is 1.92 bits per heavy atom. The average molecular weight is 546 g/mol. The Hall–Kier alpha value is -3.78. The minimum Gasteiger partial charge on any atom is -0.494 e. The summed E-state index contributed by atoms with van der Waals surface area (Å²) >= 11 is 0. The molecule has 9 nitrogen and oxygen atoms in total. The van der Waals surface area contributed by atoms with Crippen LogP contribution in [0.1, 0.15) is 31.5 Å². The first-order valence-electron chi connectivity index (χ1n) is 11.5. The Kier molecular flexibility index (Phi) is 7.30. The molecule has 0 spiro atoms. The Labute approximate surface area is 212 Å². The lowest BCUT2D eigenvalue weighted by Gasteiger charge is -2.40. The van der Waals surface area contributed by atoms with Crippen molar-refractivity contribution in [3.8, 4) is 22.9 Å². The number of amides is 2. The van der Waals surface area contributed by atoms with E-state index in [4.69, 9.17) is 9.47 Å². The van der Waals surface area contributed by atoms with Gasteiger partial charge in [0.05, 0.1) is 37.7 Å². The van der Waals surface area contributed by atoms with Crippen LogP contribution in [0.25, 0.3) is 16.9 Å². The lowest BCUT2D eigenvalue weighted by molar-refractivity contribution is -0.203. The van der Waals surface area contributed by atoms with Gasteiger partial charge in [-0.1, -0.05) is 0 Å². The van der Waals surface area contributed by atoms with Crippen molar-refractivity contribution < 1.29 is 40.6 Å². The normalized spacial score (nSPS) is 18.6. The predicted octanol–water partition coefficient (Wildman–Crippen LogP) is 4.78. The van der Waals surface area contributed by atoms with Gasteiger partial charge in [-0.25, -0.2) is 14.8 Å². The number of rotatable bonds is 7. The van der Waals surface area contributed by atoms with Gasteiger partial charge in [-0.3, -0.25) is 4.98 Å². The number of nitrogens with zero attached hydrogens (tertiary/aromatic N) is 5. The summed E-state index contributed by atoms with van der Waals surface area (Å²) in [6.45, 7) is 0.847. The van der Waals surface area contributed by atoms with Crippen LogP contribution in [0.5, 0.6) is 11.6 Å². The molecule has 0 saturated heterocycles. The summed E-state index contributed by atoms with van der Waals surface area (Å²) in [7, 11) is 2.66. The highest BCUT2D eigenvalue weighted by molar-refractivity contribution is 5.76. The van der Waals surface area contributed by atoms with Crippen LogP contribution in [0.2, 0.25) is 0 Å². The van der Waals surface area contributed by atoms with Gasteiger partial charge in [-0.2, -0.15) is 26.3 Å². The molecule has 0 aliphatic heterocycles. The largest absolute Gasteiger partial charge is 0.494 e. The summed E-state index contributed by atoms with van der Waals surface area (Å²) in [5.74, 6) is -1.60. The maximum absolute atomic E-state index is 14.4. The van der Waals surface area contributed by atoms with E-state index in [9.17, 15) is 31.1 Å². The molecule has 1 saturated carbocycles. The van der Waals surface area contributed by atoms with Crippen LogP contribution < -0.4 is 14.8 Å². The Bertz CT molecular complexity index is 1310. The van der Waals surface area contributed by atoms with Gasteiger partial charge in [0.25, 0.3) is 5.88 Å². The molecule has 4 rings (SSSR count). The van der Waals surface area contributed by atoms with E-state index < -0.39 is 48.6 Å². The molecule has 3 heterocycles. The number of ether oxygens (including phenoxy) is 2. The number of imidazole rings is 1. The zero-order chi connectivity index (χ0) is 27.8. The van der Waals surface area contributed by atoms with Gasteiger partial charge < -0.3 is 24.1 Å². The van der Waals surface area contributed by atoms with Gasteiger partial charge in [0.1, 0.15) is 5.75 Å². The molecule has 3 aromatic heterocycles. The number of nitrogens with one attached hydrogen (secondary N) is 1. The Morgan fingerprint density at radius 3 is 2.47 bits per heavy atom. The molecule has 15 heteroatoms. The third-order valence-corrected chi connectivity index (χ3v) is 6.43. The Morgan fingerprint density at radius 1 is 1.18 bits per heavy atom. The summed E-state index contributed by atoms with van der Waals surface area (Å²) in [5.41, 5.74) is 0.0921. The van der Waals surface area contributed by atoms with Crippen LogP contribution in [-0.2, 0) is 0 Å². The highest BCUT2D eigenvalue weighted by Crippen LogP contribution is 2.43. The molecule has 3 aromatic rings. The fourth-order valence-electron chi connectivity index (χ4n) is 4.39. The van der Waals surface area contributed by atoms with Crippen LogP contribution in [0, 0.1) is 5.92 Å². The van der Waals surface area contributed by atoms with Crippen LogP contribution >= 0.6 is 0 Å².